The van der Waals surface area contributed by atoms with E-state index in [1.807, 2.05) is 0 Å². The predicted molar refractivity (Wildman–Crippen MR) is 85.8 cm³/mol. The highest BCUT2D eigenvalue weighted by Crippen LogP contribution is 2.32. The normalized spacial score (nSPS) is 30.3. The highest BCUT2D eigenvalue weighted by Gasteiger charge is 2.29. The zero-order chi connectivity index (χ0) is 15.1. The molecule has 20 heavy (non-hydrogen) atoms. The van der Waals surface area contributed by atoms with Gasteiger partial charge in [0.05, 0.1) is 12.4 Å². The van der Waals surface area contributed by atoms with Crippen LogP contribution in [-0.4, -0.2) is 29.6 Å². The standard InChI is InChI=1S/C16H30FNOS/c1-5-12(4)15-9-13(11(2)3)8-14(6-7-17)20-10-16(19)18-15/h11-15H,5-10H2,1-4H3,(H,18,19). The third-order valence-electron chi connectivity index (χ3n) is 4.62. The Hall–Kier alpha value is -0.250. The van der Waals surface area contributed by atoms with Gasteiger partial charge in [0.2, 0.25) is 5.91 Å². The molecule has 1 saturated heterocycles. The van der Waals surface area contributed by atoms with Crippen LogP contribution in [0.15, 0.2) is 0 Å². The lowest BCUT2D eigenvalue weighted by atomic mass is 9.81. The summed E-state index contributed by atoms with van der Waals surface area (Å²) in [6.45, 7) is 8.60. The van der Waals surface area contributed by atoms with Gasteiger partial charge in [0, 0.05) is 11.3 Å². The maximum atomic E-state index is 12.7. The van der Waals surface area contributed by atoms with Crippen LogP contribution < -0.4 is 5.32 Å². The summed E-state index contributed by atoms with van der Waals surface area (Å²) in [5.41, 5.74) is 0. The monoisotopic (exact) mass is 303 g/mol. The molecule has 1 fully saturated rings. The van der Waals surface area contributed by atoms with Gasteiger partial charge in [-0.1, -0.05) is 34.1 Å². The minimum Gasteiger partial charge on any atom is -0.352 e. The molecule has 0 saturated carbocycles. The van der Waals surface area contributed by atoms with Crippen molar-refractivity contribution in [1.82, 2.24) is 5.32 Å². The lowest BCUT2D eigenvalue weighted by Crippen LogP contribution is -2.41. The molecule has 1 amide bonds. The second kappa shape index (κ2) is 8.91. The summed E-state index contributed by atoms with van der Waals surface area (Å²) in [5, 5.41) is 3.49. The highest BCUT2D eigenvalue weighted by atomic mass is 32.2. The van der Waals surface area contributed by atoms with E-state index < -0.39 is 0 Å². The molecule has 4 unspecified atom stereocenters. The molecule has 0 aromatic carbocycles. The Bertz CT molecular complexity index is 298. The van der Waals surface area contributed by atoms with Gasteiger partial charge in [-0.15, -0.1) is 11.8 Å². The van der Waals surface area contributed by atoms with Gasteiger partial charge in [-0.2, -0.15) is 0 Å². The molecule has 0 aliphatic carbocycles. The van der Waals surface area contributed by atoms with Crippen LogP contribution in [0.5, 0.6) is 0 Å². The summed E-state index contributed by atoms with van der Waals surface area (Å²) < 4.78 is 12.7. The van der Waals surface area contributed by atoms with E-state index in [2.05, 4.69) is 33.0 Å². The Morgan fingerprint density at radius 1 is 1.35 bits per heavy atom. The molecule has 1 aliphatic heterocycles. The molecule has 1 rings (SSSR count). The molecule has 4 heteroatoms. The summed E-state index contributed by atoms with van der Waals surface area (Å²) >= 11 is 1.63. The number of rotatable bonds is 5. The minimum atomic E-state index is -0.279. The van der Waals surface area contributed by atoms with Crippen LogP contribution in [0.2, 0.25) is 0 Å². The number of halogens is 1. The molecule has 0 aromatic heterocycles. The third kappa shape index (κ3) is 5.63. The number of nitrogens with one attached hydrogen (secondary N) is 1. The Morgan fingerprint density at radius 3 is 2.60 bits per heavy atom. The Balaban J connectivity index is 2.82. The molecule has 1 aliphatic rings. The van der Waals surface area contributed by atoms with Gasteiger partial charge in [0.25, 0.3) is 0 Å². The quantitative estimate of drug-likeness (QED) is 0.830. The van der Waals surface area contributed by atoms with Gasteiger partial charge in [0.1, 0.15) is 0 Å². The zero-order valence-electron chi connectivity index (χ0n) is 13.3. The van der Waals surface area contributed by atoms with Crippen LogP contribution in [0.1, 0.15) is 53.4 Å². The second-order valence-electron chi connectivity index (χ2n) is 6.45. The molecule has 0 spiro atoms. The van der Waals surface area contributed by atoms with E-state index in [0.717, 1.165) is 19.3 Å². The summed E-state index contributed by atoms with van der Waals surface area (Å²) in [6, 6.07) is 0.268. The van der Waals surface area contributed by atoms with E-state index in [-0.39, 0.29) is 23.9 Å². The number of hydrogen-bond acceptors (Lipinski definition) is 2. The molecule has 0 aromatic rings. The van der Waals surface area contributed by atoms with Gasteiger partial charge in [-0.3, -0.25) is 9.18 Å². The number of carbonyl (C=O) groups excluding carboxylic acids is 1. The number of thioether (sulfide) groups is 1. The summed E-state index contributed by atoms with van der Waals surface area (Å²) in [7, 11) is 0. The van der Waals surface area contributed by atoms with E-state index in [1.165, 1.54) is 0 Å². The maximum absolute atomic E-state index is 12.7. The molecule has 0 radical (unpaired) electrons. The maximum Gasteiger partial charge on any atom is 0.230 e. The average Bonchev–Trinajstić information content (AvgIpc) is 2.48. The number of hydrogen-bond donors (Lipinski definition) is 1. The van der Waals surface area contributed by atoms with Crippen molar-refractivity contribution >= 4 is 17.7 Å². The first-order chi connectivity index (χ1) is 9.47. The van der Waals surface area contributed by atoms with Gasteiger partial charge >= 0.3 is 0 Å². The van der Waals surface area contributed by atoms with Crippen molar-refractivity contribution < 1.29 is 9.18 Å². The molecule has 2 nitrogen and oxygen atoms in total. The van der Waals surface area contributed by atoms with Crippen molar-refractivity contribution in [3.8, 4) is 0 Å². The van der Waals surface area contributed by atoms with Crippen molar-refractivity contribution in [2.24, 2.45) is 17.8 Å². The van der Waals surface area contributed by atoms with Crippen LogP contribution in [0, 0.1) is 17.8 Å². The van der Waals surface area contributed by atoms with Crippen LogP contribution in [0.25, 0.3) is 0 Å². The Labute approximate surface area is 127 Å². The van der Waals surface area contributed by atoms with Crippen LogP contribution in [-0.2, 0) is 4.79 Å². The van der Waals surface area contributed by atoms with Gasteiger partial charge < -0.3 is 5.32 Å². The molecule has 0 bridgehead atoms. The van der Waals surface area contributed by atoms with Gasteiger partial charge in [0.15, 0.2) is 0 Å². The predicted octanol–water partition coefficient (Wildman–Crippen LogP) is 4.04. The third-order valence-corrected chi connectivity index (χ3v) is 5.95. The van der Waals surface area contributed by atoms with Gasteiger partial charge in [-0.05, 0) is 37.0 Å². The minimum absolute atomic E-state index is 0.119. The van der Waals surface area contributed by atoms with Crippen molar-refractivity contribution in [1.29, 1.82) is 0 Å². The van der Waals surface area contributed by atoms with E-state index in [0.29, 0.717) is 29.9 Å². The van der Waals surface area contributed by atoms with Crippen LogP contribution in [0.4, 0.5) is 4.39 Å². The zero-order valence-corrected chi connectivity index (χ0v) is 14.1. The SMILES string of the molecule is CCC(C)C1CC(C(C)C)CC(CCF)SCC(=O)N1. The first-order valence-electron chi connectivity index (χ1n) is 7.94. The van der Waals surface area contributed by atoms with Crippen LogP contribution in [0.3, 0.4) is 0 Å². The molecular formula is C16H30FNOS. The first kappa shape index (κ1) is 17.8. The van der Waals surface area contributed by atoms with Crippen molar-refractivity contribution in [2.45, 2.75) is 64.7 Å². The summed E-state index contributed by atoms with van der Waals surface area (Å²) in [6.07, 6.45) is 3.72. The topological polar surface area (TPSA) is 29.1 Å². The fraction of sp³-hybridized carbons (Fsp3) is 0.938. The first-order valence-corrected chi connectivity index (χ1v) is 8.99. The molecule has 1 heterocycles. The van der Waals surface area contributed by atoms with Crippen molar-refractivity contribution in [3.63, 3.8) is 0 Å². The molecular weight excluding hydrogens is 273 g/mol. The van der Waals surface area contributed by atoms with Crippen LogP contribution >= 0.6 is 11.8 Å². The lowest BCUT2D eigenvalue weighted by molar-refractivity contribution is -0.119. The Kier molecular flexibility index (Phi) is 7.93. The number of alkyl halides is 1. The van der Waals surface area contributed by atoms with Crippen molar-refractivity contribution in [2.75, 3.05) is 12.4 Å². The van der Waals surface area contributed by atoms with E-state index in [1.54, 1.807) is 11.8 Å². The highest BCUT2D eigenvalue weighted by molar-refractivity contribution is 8.00. The fourth-order valence-electron chi connectivity index (χ4n) is 2.86. The summed E-state index contributed by atoms with van der Waals surface area (Å²) in [4.78, 5) is 12.0. The van der Waals surface area contributed by atoms with E-state index in [4.69, 9.17) is 0 Å². The largest absolute Gasteiger partial charge is 0.352 e. The summed E-state index contributed by atoms with van der Waals surface area (Å²) in [5.74, 6) is 2.25. The molecule has 118 valence electrons. The number of carbonyl (C=O) groups is 1. The smallest absolute Gasteiger partial charge is 0.230 e. The second-order valence-corrected chi connectivity index (χ2v) is 7.73. The Morgan fingerprint density at radius 2 is 2.05 bits per heavy atom. The fourth-order valence-corrected chi connectivity index (χ4v) is 3.96. The average molecular weight is 303 g/mol. The van der Waals surface area contributed by atoms with E-state index >= 15 is 0 Å². The van der Waals surface area contributed by atoms with Crippen molar-refractivity contribution in [3.05, 3.63) is 0 Å². The lowest BCUT2D eigenvalue weighted by Gasteiger charge is -2.30. The molecule has 4 atom stereocenters. The van der Waals surface area contributed by atoms with Gasteiger partial charge in [-0.25, -0.2) is 0 Å². The van der Waals surface area contributed by atoms with E-state index in [9.17, 15) is 9.18 Å². The molecule has 1 N–H and O–H groups in total. The number of amides is 1.